The second kappa shape index (κ2) is 4.97. The summed E-state index contributed by atoms with van der Waals surface area (Å²) in [6, 6.07) is 12.4. The Morgan fingerprint density at radius 1 is 1.12 bits per heavy atom. The van der Waals surface area contributed by atoms with E-state index < -0.39 is 0 Å². The van der Waals surface area contributed by atoms with Gasteiger partial charge in [0.1, 0.15) is 11.6 Å². The topological polar surface area (TPSA) is 35.2 Å². The maximum absolute atomic E-state index is 13.9. The molecule has 0 heterocycles. The maximum Gasteiger partial charge on any atom is 0.134 e. The molecular weight excluding hydrogens is 217 g/mol. The van der Waals surface area contributed by atoms with E-state index in [0.717, 1.165) is 11.1 Å². The molecule has 2 nitrogen and oxygen atoms in total. The number of halogens is 1. The lowest BCUT2D eigenvalue weighted by molar-refractivity contribution is 0.411. The van der Waals surface area contributed by atoms with Crippen LogP contribution in [0.2, 0.25) is 0 Å². The summed E-state index contributed by atoms with van der Waals surface area (Å²) in [5.74, 6) is 0.210. The average Bonchev–Trinajstić information content (AvgIpc) is 2.38. The van der Waals surface area contributed by atoms with Gasteiger partial charge in [0, 0.05) is 18.2 Å². The van der Waals surface area contributed by atoms with Crippen LogP contribution in [0.4, 0.5) is 4.39 Å². The summed E-state index contributed by atoms with van der Waals surface area (Å²) in [6.07, 6.45) is 0. The van der Waals surface area contributed by atoms with Crippen molar-refractivity contribution in [3.63, 3.8) is 0 Å². The molecule has 0 aromatic heterocycles. The van der Waals surface area contributed by atoms with E-state index in [4.69, 9.17) is 10.5 Å². The van der Waals surface area contributed by atoms with Gasteiger partial charge in [-0.3, -0.25) is 0 Å². The van der Waals surface area contributed by atoms with Crippen molar-refractivity contribution in [2.75, 3.05) is 7.11 Å². The fourth-order valence-corrected chi connectivity index (χ4v) is 1.80. The van der Waals surface area contributed by atoms with Crippen LogP contribution in [0.25, 0.3) is 11.1 Å². The van der Waals surface area contributed by atoms with Crippen molar-refractivity contribution in [1.82, 2.24) is 0 Å². The lowest BCUT2D eigenvalue weighted by Crippen LogP contribution is -1.99. The molecule has 2 rings (SSSR count). The van der Waals surface area contributed by atoms with E-state index in [-0.39, 0.29) is 5.82 Å². The monoisotopic (exact) mass is 231 g/mol. The summed E-state index contributed by atoms with van der Waals surface area (Å²) < 4.78 is 18.9. The molecule has 0 radical (unpaired) electrons. The van der Waals surface area contributed by atoms with Gasteiger partial charge in [0.15, 0.2) is 0 Å². The molecule has 0 spiro atoms. The van der Waals surface area contributed by atoms with E-state index in [9.17, 15) is 4.39 Å². The van der Waals surface area contributed by atoms with E-state index in [2.05, 4.69) is 0 Å². The molecule has 0 aliphatic rings. The van der Waals surface area contributed by atoms with E-state index in [0.29, 0.717) is 17.9 Å². The minimum Gasteiger partial charge on any atom is -0.497 e. The van der Waals surface area contributed by atoms with Crippen LogP contribution < -0.4 is 10.5 Å². The SMILES string of the molecule is COc1ccc(-c2ccccc2CN)c(F)c1. The van der Waals surface area contributed by atoms with Crippen LogP contribution in [0.3, 0.4) is 0 Å². The number of methoxy groups -OCH3 is 1. The molecular formula is C14H14FNO. The van der Waals surface area contributed by atoms with Gasteiger partial charge in [0.25, 0.3) is 0 Å². The Bertz CT molecular complexity index is 525. The average molecular weight is 231 g/mol. The summed E-state index contributed by atoms with van der Waals surface area (Å²) in [7, 11) is 1.52. The summed E-state index contributed by atoms with van der Waals surface area (Å²) in [6.45, 7) is 0.391. The molecule has 0 saturated carbocycles. The van der Waals surface area contributed by atoms with Crippen LogP contribution in [0.1, 0.15) is 5.56 Å². The van der Waals surface area contributed by atoms with E-state index in [1.165, 1.54) is 13.2 Å². The van der Waals surface area contributed by atoms with E-state index in [1.807, 2.05) is 24.3 Å². The molecule has 0 saturated heterocycles. The third-order valence-corrected chi connectivity index (χ3v) is 2.70. The first-order chi connectivity index (χ1) is 8.26. The van der Waals surface area contributed by atoms with Gasteiger partial charge in [-0.25, -0.2) is 4.39 Å². The zero-order valence-electron chi connectivity index (χ0n) is 9.61. The first-order valence-corrected chi connectivity index (χ1v) is 5.38. The number of hydrogen-bond donors (Lipinski definition) is 1. The van der Waals surface area contributed by atoms with Crippen LogP contribution in [-0.2, 0) is 6.54 Å². The van der Waals surface area contributed by atoms with Gasteiger partial charge >= 0.3 is 0 Å². The highest BCUT2D eigenvalue weighted by Crippen LogP contribution is 2.28. The molecule has 3 heteroatoms. The number of benzene rings is 2. The van der Waals surface area contributed by atoms with Crippen molar-refractivity contribution >= 4 is 0 Å². The molecule has 0 fully saturated rings. The normalized spacial score (nSPS) is 10.3. The minimum absolute atomic E-state index is 0.301. The minimum atomic E-state index is -0.301. The molecule has 2 aromatic rings. The lowest BCUT2D eigenvalue weighted by Gasteiger charge is -2.09. The van der Waals surface area contributed by atoms with Gasteiger partial charge in [-0.05, 0) is 23.3 Å². The van der Waals surface area contributed by atoms with Crippen molar-refractivity contribution in [1.29, 1.82) is 0 Å². The third-order valence-electron chi connectivity index (χ3n) is 2.70. The summed E-state index contributed by atoms with van der Waals surface area (Å²) in [5.41, 5.74) is 7.95. The van der Waals surface area contributed by atoms with Gasteiger partial charge < -0.3 is 10.5 Å². The molecule has 0 amide bonds. The molecule has 2 N–H and O–H groups in total. The van der Waals surface area contributed by atoms with Gasteiger partial charge in [-0.15, -0.1) is 0 Å². The number of hydrogen-bond acceptors (Lipinski definition) is 2. The van der Waals surface area contributed by atoms with Crippen LogP contribution in [0.15, 0.2) is 42.5 Å². The van der Waals surface area contributed by atoms with Gasteiger partial charge in [0.2, 0.25) is 0 Å². The Balaban J connectivity index is 2.53. The number of ether oxygens (including phenoxy) is 1. The van der Waals surface area contributed by atoms with Crippen LogP contribution in [0.5, 0.6) is 5.75 Å². The predicted octanol–water partition coefficient (Wildman–Crippen LogP) is 2.96. The van der Waals surface area contributed by atoms with Crippen molar-refractivity contribution in [3.8, 4) is 16.9 Å². The largest absolute Gasteiger partial charge is 0.497 e. The van der Waals surface area contributed by atoms with Crippen molar-refractivity contribution < 1.29 is 9.13 Å². The highest BCUT2D eigenvalue weighted by Gasteiger charge is 2.09. The Morgan fingerprint density at radius 3 is 2.53 bits per heavy atom. The first kappa shape index (κ1) is 11.6. The summed E-state index contributed by atoms with van der Waals surface area (Å²) in [4.78, 5) is 0. The Hall–Kier alpha value is -1.87. The summed E-state index contributed by atoms with van der Waals surface area (Å²) >= 11 is 0. The molecule has 17 heavy (non-hydrogen) atoms. The highest BCUT2D eigenvalue weighted by atomic mass is 19.1. The van der Waals surface area contributed by atoms with E-state index in [1.54, 1.807) is 12.1 Å². The Kier molecular flexibility index (Phi) is 3.40. The second-order valence-corrected chi connectivity index (χ2v) is 3.71. The first-order valence-electron chi connectivity index (χ1n) is 5.38. The van der Waals surface area contributed by atoms with Crippen molar-refractivity contribution in [2.45, 2.75) is 6.54 Å². The number of rotatable bonds is 3. The van der Waals surface area contributed by atoms with Crippen molar-refractivity contribution in [2.24, 2.45) is 5.73 Å². The Labute approximate surface area is 99.8 Å². The maximum atomic E-state index is 13.9. The van der Waals surface area contributed by atoms with Crippen LogP contribution >= 0.6 is 0 Å². The number of nitrogens with two attached hydrogens (primary N) is 1. The standard InChI is InChI=1S/C14H14FNO/c1-17-11-6-7-13(14(15)8-11)12-5-3-2-4-10(12)9-16/h2-8H,9,16H2,1H3. The summed E-state index contributed by atoms with van der Waals surface area (Å²) in [5, 5.41) is 0. The second-order valence-electron chi connectivity index (χ2n) is 3.71. The highest BCUT2D eigenvalue weighted by molar-refractivity contribution is 5.68. The van der Waals surface area contributed by atoms with E-state index >= 15 is 0 Å². The quantitative estimate of drug-likeness (QED) is 0.881. The fraction of sp³-hybridized carbons (Fsp3) is 0.143. The molecule has 0 aliphatic heterocycles. The van der Waals surface area contributed by atoms with Gasteiger partial charge in [-0.2, -0.15) is 0 Å². The third kappa shape index (κ3) is 2.29. The fourth-order valence-electron chi connectivity index (χ4n) is 1.80. The molecule has 0 bridgehead atoms. The van der Waals surface area contributed by atoms with Gasteiger partial charge in [-0.1, -0.05) is 24.3 Å². The molecule has 2 aromatic carbocycles. The molecule has 0 unspecified atom stereocenters. The zero-order chi connectivity index (χ0) is 12.3. The smallest absolute Gasteiger partial charge is 0.134 e. The van der Waals surface area contributed by atoms with Crippen LogP contribution in [-0.4, -0.2) is 7.11 Å². The molecule has 0 aliphatic carbocycles. The predicted molar refractivity (Wildman–Crippen MR) is 66.3 cm³/mol. The van der Waals surface area contributed by atoms with Crippen molar-refractivity contribution in [3.05, 3.63) is 53.8 Å². The molecule has 0 atom stereocenters. The van der Waals surface area contributed by atoms with Crippen LogP contribution in [0, 0.1) is 5.82 Å². The lowest BCUT2D eigenvalue weighted by atomic mass is 9.99. The van der Waals surface area contributed by atoms with Gasteiger partial charge in [0.05, 0.1) is 7.11 Å². The Morgan fingerprint density at radius 2 is 1.88 bits per heavy atom. The molecule has 88 valence electrons. The zero-order valence-corrected chi connectivity index (χ0v) is 9.61.